The molecular weight excluding hydrogens is 438 g/mol. The predicted octanol–water partition coefficient (Wildman–Crippen LogP) is 4.41. The quantitative estimate of drug-likeness (QED) is 0.601. The fourth-order valence-corrected chi connectivity index (χ4v) is 2.87. The van der Waals surface area contributed by atoms with E-state index in [0.29, 0.717) is 11.1 Å². The number of carbonyl (C=O) groups is 1. The Labute approximate surface area is 178 Å². The van der Waals surface area contributed by atoms with Gasteiger partial charge in [0.05, 0.1) is 11.3 Å². The van der Waals surface area contributed by atoms with Crippen molar-refractivity contribution in [3.05, 3.63) is 88.6 Å². The molecule has 1 aliphatic heterocycles. The van der Waals surface area contributed by atoms with Gasteiger partial charge in [0.2, 0.25) is 0 Å². The molecule has 1 amide bonds. The average Bonchev–Trinajstić information content (AvgIpc) is 2.70. The minimum Gasteiger partial charge on any atom is -0.402 e. The lowest BCUT2D eigenvalue weighted by atomic mass is 10.0. The summed E-state index contributed by atoms with van der Waals surface area (Å²) in [5.41, 5.74) is 5.37. The van der Waals surface area contributed by atoms with Gasteiger partial charge in [0.15, 0.2) is 0 Å². The van der Waals surface area contributed by atoms with Crippen LogP contribution in [0.2, 0.25) is 0 Å². The first-order chi connectivity index (χ1) is 14.8. The first kappa shape index (κ1) is 22.9. The van der Waals surface area contributed by atoms with Gasteiger partial charge in [0.25, 0.3) is 5.91 Å². The number of pyridine rings is 1. The minimum absolute atomic E-state index is 0.132. The highest BCUT2D eigenvalue weighted by Crippen LogP contribution is 2.31. The van der Waals surface area contributed by atoms with Gasteiger partial charge in [-0.3, -0.25) is 9.78 Å². The molecule has 0 aliphatic carbocycles. The van der Waals surface area contributed by atoms with Crippen molar-refractivity contribution in [2.24, 2.45) is 5.73 Å². The lowest BCUT2D eigenvalue weighted by molar-refractivity contribution is -0.141. The highest BCUT2D eigenvalue weighted by Gasteiger charge is 2.32. The van der Waals surface area contributed by atoms with Crippen molar-refractivity contribution >= 4 is 17.2 Å². The second-order valence-corrected chi connectivity index (χ2v) is 6.83. The SMILES string of the molecule is C/C(N)=C(/C=C1\NC(=O)C=C(c2ccc(C(F)(F)F)nc2)N1)c1ccc(C(F)(F)F)cc1. The Morgan fingerprint density at radius 1 is 0.969 bits per heavy atom. The van der Waals surface area contributed by atoms with Gasteiger partial charge < -0.3 is 16.4 Å². The maximum atomic E-state index is 12.8. The van der Waals surface area contributed by atoms with E-state index in [1.54, 1.807) is 0 Å². The molecule has 0 fully saturated rings. The maximum absolute atomic E-state index is 12.8. The molecule has 0 atom stereocenters. The number of aromatic nitrogens is 1. The number of halogens is 6. The van der Waals surface area contributed by atoms with Gasteiger partial charge in [-0.15, -0.1) is 0 Å². The zero-order chi connectivity index (χ0) is 23.7. The van der Waals surface area contributed by atoms with E-state index in [9.17, 15) is 31.1 Å². The Morgan fingerprint density at radius 2 is 1.62 bits per heavy atom. The summed E-state index contributed by atoms with van der Waals surface area (Å²) in [7, 11) is 0. The molecule has 3 rings (SSSR count). The molecule has 32 heavy (non-hydrogen) atoms. The molecule has 1 aromatic carbocycles. The van der Waals surface area contributed by atoms with E-state index in [1.807, 2.05) is 0 Å². The zero-order valence-corrected chi connectivity index (χ0v) is 16.4. The van der Waals surface area contributed by atoms with E-state index in [2.05, 4.69) is 15.6 Å². The van der Waals surface area contributed by atoms with E-state index >= 15 is 0 Å². The number of alkyl halides is 6. The molecule has 0 radical (unpaired) electrons. The van der Waals surface area contributed by atoms with E-state index in [1.165, 1.54) is 25.1 Å². The van der Waals surface area contributed by atoms with Crippen LogP contribution in [-0.2, 0) is 17.1 Å². The van der Waals surface area contributed by atoms with Gasteiger partial charge >= 0.3 is 12.4 Å². The van der Waals surface area contributed by atoms with Crippen molar-refractivity contribution < 1.29 is 31.1 Å². The minimum atomic E-state index is -4.60. The third-order valence-electron chi connectivity index (χ3n) is 4.40. The second kappa shape index (κ2) is 8.40. The Morgan fingerprint density at radius 3 is 2.12 bits per heavy atom. The first-order valence-electron chi connectivity index (χ1n) is 9.03. The lowest BCUT2D eigenvalue weighted by Crippen LogP contribution is -2.35. The first-order valence-corrected chi connectivity index (χ1v) is 9.03. The topological polar surface area (TPSA) is 80.0 Å². The molecule has 0 bridgehead atoms. The largest absolute Gasteiger partial charge is 0.433 e. The summed E-state index contributed by atoms with van der Waals surface area (Å²) in [6.45, 7) is 1.53. The summed E-state index contributed by atoms with van der Waals surface area (Å²) >= 11 is 0. The molecule has 1 aromatic heterocycles. The number of rotatable bonds is 3. The predicted molar refractivity (Wildman–Crippen MR) is 105 cm³/mol. The van der Waals surface area contributed by atoms with Crippen molar-refractivity contribution in [1.29, 1.82) is 0 Å². The Kier molecular flexibility index (Phi) is 6.02. The summed E-state index contributed by atoms with van der Waals surface area (Å²) in [4.78, 5) is 15.4. The summed E-state index contributed by atoms with van der Waals surface area (Å²) in [6.07, 6.45) is -5.57. The van der Waals surface area contributed by atoms with E-state index in [4.69, 9.17) is 5.73 Å². The highest BCUT2D eigenvalue weighted by atomic mass is 19.4. The van der Waals surface area contributed by atoms with Crippen molar-refractivity contribution in [2.75, 3.05) is 0 Å². The molecule has 4 N–H and O–H groups in total. The summed E-state index contributed by atoms with van der Waals surface area (Å²) < 4.78 is 76.6. The summed E-state index contributed by atoms with van der Waals surface area (Å²) in [5.74, 6) is -0.432. The van der Waals surface area contributed by atoms with Crippen molar-refractivity contribution in [3.63, 3.8) is 0 Å². The van der Waals surface area contributed by atoms with Crippen LogP contribution >= 0.6 is 0 Å². The van der Waals surface area contributed by atoms with Gasteiger partial charge in [0.1, 0.15) is 11.5 Å². The van der Waals surface area contributed by atoms with Crippen molar-refractivity contribution in [3.8, 4) is 0 Å². The van der Waals surface area contributed by atoms with Crippen LogP contribution in [0.5, 0.6) is 0 Å². The number of nitrogens with two attached hydrogens (primary N) is 1. The van der Waals surface area contributed by atoms with Crippen molar-refractivity contribution in [2.45, 2.75) is 19.3 Å². The van der Waals surface area contributed by atoms with Gasteiger partial charge in [-0.05, 0) is 42.8 Å². The summed E-state index contributed by atoms with van der Waals surface area (Å²) in [5, 5.41) is 5.36. The number of nitrogens with zero attached hydrogens (tertiary/aromatic N) is 1. The van der Waals surface area contributed by atoms with Crippen LogP contribution in [0, 0.1) is 0 Å². The van der Waals surface area contributed by atoms with E-state index in [-0.39, 0.29) is 22.8 Å². The third-order valence-corrected chi connectivity index (χ3v) is 4.40. The number of hydrogen-bond acceptors (Lipinski definition) is 4. The monoisotopic (exact) mass is 454 g/mol. The summed E-state index contributed by atoms with van der Waals surface area (Å²) in [6, 6.07) is 6.24. The van der Waals surface area contributed by atoms with Gasteiger partial charge in [-0.1, -0.05) is 12.1 Å². The molecule has 5 nitrogen and oxygen atoms in total. The Hall–Kier alpha value is -3.76. The molecule has 0 unspecified atom stereocenters. The smallest absolute Gasteiger partial charge is 0.402 e. The molecule has 168 valence electrons. The molecule has 0 spiro atoms. The van der Waals surface area contributed by atoms with Crippen LogP contribution in [0.4, 0.5) is 26.3 Å². The zero-order valence-electron chi connectivity index (χ0n) is 16.4. The van der Waals surface area contributed by atoms with Crippen molar-refractivity contribution in [1.82, 2.24) is 15.6 Å². The van der Waals surface area contributed by atoms with Crippen LogP contribution < -0.4 is 16.4 Å². The van der Waals surface area contributed by atoms with Crippen LogP contribution in [0.1, 0.15) is 29.3 Å². The molecule has 11 heteroatoms. The lowest BCUT2D eigenvalue weighted by Gasteiger charge is -2.21. The number of nitrogens with one attached hydrogen (secondary N) is 2. The maximum Gasteiger partial charge on any atom is 0.433 e. The van der Waals surface area contributed by atoms with E-state index in [0.717, 1.165) is 36.5 Å². The Bertz CT molecular complexity index is 1110. The van der Waals surface area contributed by atoms with Gasteiger partial charge in [-0.25, -0.2) is 0 Å². The number of carbonyl (C=O) groups excluding carboxylic acids is 1. The standard InChI is InChI=1S/C21H16F6N4O/c1-11(28)15(12-2-5-14(6-3-12)20(22,23)24)8-18-30-16(9-19(32)31-18)13-4-7-17(29-10-13)21(25,26)27/h2-10,30H,28H2,1H3,(H,31,32)/b15-11+,18-8-. The van der Waals surface area contributed by atoms with Crippen LogP contribution in [0.15, 0.2) is 66.3 Å². The number of amides is 1. The third kappa shape index (κ3) is 5.29. The average molecular weight is 454 g/mol. The molecule has 2 heterocycles. The number of benzene rings is 1. The van der Waals surface area contributed by atoms with Gasteiger partial charge in [0, 0.05) is 29.1 Å². The Balaban J connectivity index is 1.90. The second-order valence-electron chi connectivity index (χ2n) is 6.83. The number of hydrogen-bond donors (Lipinski definition) is 3. The fraction of sp³-hybridized carbons (Fsp3) is 0.143. The molecular formula is C21H16F6N4O. The van der Waals surface area contributed by atoms with Crippen LogP contribution in [-0.4, -0.2) is 10.9 Å². The molecule has 0 saturated heterocycles. The van der Waals surface area contributed by atoms with Crippen LogP contribution in [0.3, 0.4) is 0 Å². The molecule has 2 aromatic rings. The van der Waals surface area contributed by atoms with Gasteiger partial charge in [-0.2, -0.15) is 26.3 Å². The number of allylic oxidation sites excluding steroid dienone is 3. The normalized spacial score (nSPS) is 16.8. The van der Waals surface area contributed by atoms with E-state index < -0.39 is 29.5 Å². The highest BCUT2D eigenvalue weighted by molar-refractivity contribution is 5.98. The fourth-order valence-electron chi connectivity index (χ4n) is 2.87. The van der Waals surface area contributed by atoms with Crippen LogP contribution in [0.25, 0.3) is 11.3 Å². The molecule has 1 aliphatic rings. The molecule has 0 saturated carbocycles.